The van der Waals surface area contributed by atoms with Crippen LogP contribution in [0.3, 0.4) is 0 Å². The van der Waals surface area contributed by atoms with Gasteiger partial charge in [0.1, 0.15) is 11.6 Å². The van der Waals surface area contributed by atoms with Crippen LogP contribution in [0.4, 0.5) is 4.39 Å². The minimum Gasteiger partial charge on any atom is -0.489 e. The number of rotatable bonds is 3. The van der Waals surface area contributed by atoms with Gasteiger partial charge in [-0.15, -0.1) is 0 Å². The zero-order valence-electron chi connectivity index (χ0n) is 15.9. The minimum absolute atomic E-state index is 0.0491. The van der Waals surface area contributed by atoms with Crippen LogP contribution in [0.25, 0.3) is 17.8 Å². The predicted octanol–water partition coefficient (Wildman–Crippen LogP) is 1.94. The van der Waals surface area contributed by atoms with E-state index in [2.05, 4.69) is 28.0 Å². The van der Waals surface area contributed by atoms with Gasteiger partial charge in [0.25, 0.3) is 0 Å². The average Bonchev–Trinajstić information content (AvgIpc) is 3.25. The molecule has 5 heteroatoms. The summed E-state index contributed by atoms with van der Waals surface area (Å²) in [6.07, 6.45) is 4.05. The summed E-state index contributed by atoms with van der Waals surface area (Å²) in [5, 5.41) is 3.28. The molecule has 2 N–H and O–H groups in total. The molecule has 1 aliphatic rings. The van der Waals surface area contributed by atoms with Gasteiger partial charge in [-0.1, -0.05) is 0 Å². The first kappa shape index (κ1) is 17.3. The van der Waals surface area contributed by atoms with Crippen molar-refractivity contribution >= 4 is 17.8 Å². The average molecular weight is 363 g/mol. The Hall–Kier alpha value is -3.08. The van der Waals surface area contributed by atoms with E-state index in [-0.39, 0.29) is 11.9 Å². The topological polar surface area (TPSA) is 53.2 Å². The highest BCUT2D eigenvalue weighted by Crippen LogP contribution is 2.11. The number of benzene rings is 1. The second-order valence-corrected chi connectivity index (χ2v) is 7.17. The second-order valence-electron chi connectivity index (χ2n) is 7.17. The Labute approximate surface area is 156 Å². The van der Waals surface area contributed by atoms with E-state index in [1.165, 1.54) is 17.7 Å². The van der Waals surface area contributed by atoms with E-state index >= 15 is 0 Å². The van der Waals surface area contributed by atoms with Gasteiger partial charge in [-0.25, -0.2) is 9.38 Å². The van der Waals surface area contributed by atoms with Crippen LogP contribution >= 0.6 is 0 Å². The number of aryl methyl sites for hydroxylation is 2. The van der Waals surface area contributed by atoms with Gasteiger partial charge in [0.15, 0.2) is 0 Å². The summed E-state index contributed by atoms with van der Waals surface area (Å²) in [6.45, 7) is 8.10. The molecule has 0 bridgehead atoms. The van der Waals surface area contributed by atoms with Crippen molar-refractivity contribution in [3.63, 3.8) is 0 Å². The number of fused-ring (bicyclic) bond motifs is 1. The SMILES string of the molecule is Cc1cc(C)c(C=c2[nH]c(=C3C=c4ccc(F)cc4=N3)cc2OC(C)C)[nH]1. The molecular formula is C22H22FN3O. The molecule has 2 aromatic heterocycles. The summed E-state index contributed by atoms with van der Waals surface area (Å²) < 4.78 is 19.5. The van der Waals surface area contributed by atoms with Crippen LogP contribution in [0.15, 0.2) is 35.3 Å². The van der Waals surface area contributed by atoms with Gasteiger partial charge in [0.2, 0.25) is 0 Å². The first-order valence-corrected chi connectivity index (χ1v) is 9.03. The summed E-state index contributed by atoms with van der Waals surface area (Å²) >= 11 is 0. The second kappa shape index (κ2) is 6.58. The molecule has 27 heavy (non-hydrogen) atoms. The Balaban J connectivity index is 1.92. The summed E-state index contributed by atoms with van der Waals surface area (Å²) in [5.74, 6) is 0.485. The Bertz CT molecular complexity index is 1260. The molecule has 0 unspecified atom stereocenters. The van der Waals surface area contributed by atoms with Crippen molar-refractivity contribution in [1.29, 1.82) is 0 Å². The number of hydrogen-bond acceptors (Lipinski definition) is 2. The van der Waals surface area contributed by atoms with Crippen molar-refractivity contribution in [2.75, 3.05) is 0 Å². The summed E-state index contributed by atoms with van der Waals surface area (Å²) in [7, 11) is 0. The largest absolute Gasteiger partial charge is 0.489 e. The van der Waals surface area contributed by atoms with Crippen LogP contribution in [-0.4, -0.2) is 16.1 Å². The van der Waals surface area contributed by atoms with Crippen molar-refractivity contribution in [1.82, 2.24) is 9.97 Å². The van der Waals surface area contributed by atoms with Crippen molar-refractivity contribution in [2.45, 2.75) is 33.8 Å². The third-order valence-corrected chi connectivity index (χ3v) is 4.45. The third-order valence-electron chi connectivity index (χ3n) is 4.45. The number of halogens is 1. The Morgan fingerprint density at radius 3 is 2.63 bits per heavy atom. The zero-order valence-corrected chi connectivity index (χ0v) is 15.9. The van der Waals surface area contributed by atoms with E-state index in [0.29, 0.717) is 5.36 Å². The molecule has 3 heterocycles. The number of aromatic amines is 2. The maximum absolute atomic E-state index is 13.5. The highest BCUT2D eigenvalue weighted by molar-refractivity contribution is 5.76. The molecule has 0 amide bonds. The van der Waals surface area contributed by atoms with E-state index in [1.807, 2.05) is 39.0 Å². The van der Waals surface area contributed by atoms with Crippen LogP contribution < -0.4 is 26.0 Å². The van der Waals surface area contributed by atoms with Gasteiger partial charge in [-0.05, 0) is 63.6 Å². The molecular weight excluding hydrogens is 341 g/mol. The highest BCUT2D eigenvalue weighted by Gasteiger charge is 2.09. The van der Waals surface area contributed by atoms with Gasteiger partial charge in [-0.3, -0.25) is 0 Å². The molecule has 4 nitrogen and oxygen atoms in total. The maximum atomic E-state index is 13.5. The number of H-pyrrole nitrogens is 2. The van der Waals surface area contributed by atoms with Crippen molar-refractivity contribution < 1.29 is 9.13 Å². The van der Waals surface area contributed by atoms with Crippen LogP contribution in [0.5, 0.6) is 5.75 Å². The fraction of sp³-hybridized carbons (Fsp3) is 0.227. The first-order valence-electron chi connectivity index (χ1n) is 9.03. The van der Waals surface area contributed by atoms with Gasteiger partial charge in [0, 0.05) is 28.7 Å². The Morgan fingerprint density at radius 2 is 1.93 bits per heavy atom. The lowest BCUT2D eigenvalue weighted by molar-refractivity contribution is 0.240. The van der Waals surface area contributed by atoms with Crippen LogP contribution in [0.2, 0.25) is 0 Å². The molecule has 1 aromatic carbocycles. The zero-order chi connectivity index (χ0) is 19.1. The first-order chi connectivity index (χ1) is 12.9. The van der Waals surface area contributed by atoms with Gasteiger partial charge in [-0.2, -0.15) is 0 Å². The lowest BCUT2D eigenvalue weighted by Gasteiger charge is -2.06. The Kier molecular flexibility index (Phi) is 4.22. The molecule has 0 fully saturated rings. The minimum atomic E-state index is -0.283. The monoisotopic (exact) mass is 363 g/mol. The van der Waals surface area contributed by atoms with E-state index in [0.717, 1.165) is 38.8 Å². The number of nitrogens with zero attached hydrogens (tertiary/aromatic N) is 1. The molecule has 0 saturated carbocycles. The molecule has 4 rings (SSSR count). The normalized spacial score (nSPS) is 15.7. The molecule has 0 radical (unpaired) electrons. The smallest absolute Gasteiger partial charge is 0.145 e. The lowest BCUT2D eigenvalue weighted by Crippen LogP contribution is -2.20. The van der Waals surface area contributed by atoms with Crippen LogP contribution in [-0.2, 0) is 0 Å². The van der Waals surface area contributed by atoms with Gasteiger partial charge in [0.05, 0.1) is 27.9 Å². The number of aromatic nitrogens is 2. The number of nitrogens with one attached hydrogen (secondary N) is 2. The van der Waals surface area contributed by atoms with Crippen LogP contribution in [0, 0.1) is 19.7 Å². The molecule has 0 saturated heterocycles. The predicted molar refractivity (Wildman–Crippen MR) is 105 cm³/mol. The third kappa shape index (κ3) is 3.45. The molecule has 0 aliphatic carbocycles. The van der Waals surface area contributed by atoms with Crippen molar-refractivity contribution in [3.8, 4) is 5.75 Å². The summed E-state index contributed by atoms with van der Waals surface area (Å²) in [4.78, 5) is 11.3. The van der Waals surface area contributed by atoms with Gasteiger partial charge >= 0.3 is 0 Å². The molecule has 0 atom stereocenters. The van der Waals surface area contributed by atoms with E-state index in [4.69, 9.17) is 4.74 Å². The Morgan fingerprint density at radius 1 is 1.11 bits per heavy atom. The fourth-order valence-corrected chi connectivity index (χ4v) is 3.28. The summed E-state index contributed by atoms with van der Waals surface area (Å²) in [5.41, 5.74) is 4.09. The molecule has 3 aromatic rings. The van der Waals surface area contributed by atoms with Crippen LogP contribution in [0.1, 0.15) is 30.8 Å². The van der Waals surface area contributed by atoms with E-state index in [1.54, 1.807) is 6.07 Å². The standard InChI is InChI=1S/C22H22FN3O/c1-12(2)27-22-11-20(19-8-15-5-6-16(23)9-18(15)25-19)26-21(22)10-17-13(3)7-14(4)24-17/h5-12,24,26H,1-4H3. The quantitative estimate of drug-likeness (QED) is 0.734. The lowest BCUT2D eigenvalue weighted by atomic mass is 10.2. The fourth-order valence-electron chi connectivity index (χ4n) is 3.28. The van der Waals surface area contributed by atoms with E-state index < -0.39 is 0 Å². The molecule has 1 aliphatic heterocycles. The highest BCUT2D eigenvalue weighted by atomic mass is 19.1. The summed E-state index contributed by atoms with van der Waals surface area (Å²) in [6, 6.07) is 8.71. The molecule has 138 valence electrons. The van der Waals surface area contributed by atoms with E-state index in [9.17, 15) is 4.39 Å². The van der Waals surface area contributed by atoms with Gasteiger partial charge < -0.3 is 14.7 Å². The number of ether oxygens (including phenoxy) is 1. The van der Waals surface area contributed by atoms with Crippen molar-refractivity contribution in [2.24, 2.45) is 4.99 Å². The van der Waals surface area contributed by atoms with Crippen molar-refractivity contribution in [3.05, 3.63) is 74.4 Å². The molecule has 0 spiro atoms. The number of hydrogen-bond donors (Lipinski definition) is 2. The maximum Gasteiger partial charge on any atom is 0.145 e.